The molecule has 3 heteroatoms. The maximum absolute atomic E-state index is 5.57. The lowest BCUT2D eigenvalue weighted by molar-refractivity contribution is 0.0275. The Labute approximate surface area is 78.5 Å². The zero-order valence-electron chi connectivity index (χ0n) is 7.99. The molecule has 1 aromatic rings. The van der Waals surface area contributed by atoms with Gasteiger partial charge in [-0.05, 0) is 17.7 Å². The summed E-state index contributed by atoms with van der Waals surface area (Å²) in [5.74, 6) is 0. The average molecular weight is 181 g/mol. The molecule has 0 unspecified atom stereocenters. The van der Waals surface area contributed by atoms with Crippen LogP contribution >= 0.6 is 0 Å². The fourth-order valence-corrected chi connectivity index (χ4v) is 1.16. The Hall–Kier alpha value is -1.06. The van der Waals surface area contributed by atoms with Gasteiger partial charge in [-0.25, -0.2) is 0 Å². The van der Waals surface area contributed by atoms with Crippen molar-refractivity contribution in [3.05, 3.63) is 29.8 Å². The molecule has 1 aromatic carbocycles. The highest BCUT2D eigenvalue weighted by Crippen LogP contribution is 2.17. The van der Waals surface area contributed by atoms with Crippen molar-refractivity contribution in [2.24, 2.45) is 0 Å². The van der Waals surface area contributed by atoms with Crippen LogP contribution in [-0.2, 0) is 9.47 Å². The normalized spacial score (nSPS) is 12.8. The lowest BCUT2D eigenvalue weighted by atomic mass is 10.1. The van der Waals surface area contributed by atoms with E-state index in [2.05, 4.69) is 0 Å². The van der Waals surface area contributed by atoms with Gasteiger partial charge in [-0.1, -0.05) is 12.1 Å². The van der Waals surface area contributed by atoms with Crippen LogP contribution in [0, 0.1) is 0 Å². The van der Waals surface area contributed by atoms with Crippen LogP contribution in [0.3, 0.4) is 0 Å². The zero-order chi connectivity index (χ0) is 9.68. The van der Waals surface area contributed by atoms with E-state index in [4.69, 9.17) is 15.2 Å². The van der Waals surface area contributed by atoms with E-state index in [1.165, 1.54) is 0 Å². The minimum Gasteiger partial charge on any atom is -0.399 e. The fraction of sp³-hybridized carbons (Fsp3) is 0.400. The highest BCUT2D eigenvalue weighted by molar-refractivity contribution is 5.39. The van der Waals surface area contributed by atoms with Crippen molar-refractivity contribution >= 4 is 5.69 Å². The summed E-state index contributed by atoms with van der Waals surface area (Å²) in [4.78, 5) is 0. The van der Waals surface area contributed by atoms with Gasteiger partial charge in [-0.3, -0.25) is 0 Å². The van der Waals surface area contributed by atoms with Gasteiger partial charge in [0.25, 0.3) is 0 Å². The van der Waals surface area contributed by atoms with Crippen molar-refractivity contribution in [3.8, 4) is 0 Å². The van der Waals surface area contributed by atoms with E-state index in [1.54, 1.807) is 14.2 Å². The lowest BCUT2D eigenvalue weighted by Crippen LogP contribution is -2.08. The Morgan fingerprint density at radius 3 is 2.31 bits per heavy atom. The molecule has 0 aliphatic carbocycles. The first-order valence-electron chi connectivity index (χ1n) is 4.15. The van der Waals surface area contributed by atoms with Gasteiger partial charge in [0.15, 0.2) is 0 Å². The third-order valence-corrected chi connectivity index (χ3v) is 1.91. The molecule has 0 aromatic heterocycles. The summed E-state index contributed by atoms with van der Waals surface area (Å²) in [6.07, 6.45) is -0.00870. The summed E-state index contributed by atoms with van der Waals surface area (Å²) >= 11 is 0. The van der Waals surface area contributed by atoms with Crippen LogP contribution in [0.25, 0.3) is 0 Å². The topological polar surface area (TPSA) is 44.5 Å². The molecule has 1 atom stereocenters. The molecule has 0 bridgehead atoms. The van der Waals surface area contributed by atoms with E-state index in [-0.39, 0.29) is 6.10 Å². The van der Waals surface area contributed by atoms with E-state index >= 15 is 0 Å². The highest BCUT2D eigenvalue weighted by atomic mass is 16.5. The van der Waals surface area contributed by atoms with Crippen LogP contribution in [0.5, 0.6) is 0 Å². The van der Waals surface area contributed by atoms with E-state index in [0.29, 0.717) is 6.61 Å². The molecule has 0 fully saturated rings. The quantitative estimate of drug-likeness (QED) is 0.717. The molecule has 0 aliphatic heterocycles. The van der Waals surface area contributed by atoms with Gasteiger partial charge in [-0.2, -0.15) is 0 Å². The Kier molecular flexibility index (Phi) is 3.73. The first-order chi connectivity index (χ1) is 6.27. The van der Waals surface area contributed by atoms with Crippen LogP contribution in [-0.4, -0.2) is 20.8 Å². The Morgan fingerprint density at radius 1 is 1.23 bits per heavy atom. The van der Waals surface area contributed by atoms with Crippen molar-refractivity contribution in [3.63, 3.8) is 0 Å². The van der Waals surface area contributed by atoms with Gasteiger partial charge in [-0.15, -0.1) is 0 Å². The second kappa shape index (κ2) is 4.84. The molecular weight excluding hydrogens is 166 g/mol. The van der Waals surface area contributed by atoms with Crippen molar-refractivity contribution < 1.29 is 9.47 Å². The summed E-state index contributed by atoms with van der Waals surface area (Å²) in [5.41, 5.74) is 7.41. The number of hydrogen-bond donors (Lipinski definition) is 1. The van der Waals surface area contributed by atoms with Gasteiger partial charge >= 0.3 is 0 Å². The van der Waals surface area contributed by atoms with Crippen LogP contribution in [0.2, 0.25) is 0 Å². The molecule has 0 aliphatic rings. The number of benzene rings is 1. The third kappa shape index (κ3) is 2.72. The Balaban J connectivity index is 2.73. The van der Waals surface area contributed by atoms with Crippen LogP contribution in [0.1, 0.15) is 11.7 Å². The molecule has 0 heterocycles. The van der Waals surface area contributed by atoms with E-state index in [1.807, 2.05) is 24.3 Å². The minimum atomic E-state index is -0.00870. The van der Waals surface area contributed by atoms with Crippen LogP contribution in [0.15, 0.2) is 24.3 Å². The first-order valence-corrected chi connectivity index (χ1v) is 4.15. The summed E-state index contributed by atoms with van der Waals surface area (Å²) in [6.45, 7) is 0.556. The summed E-state index contributed by atoms with van der Waals surface area (Å²) in [7, 11) is 3.32. The van der Waals surface area contributed by atoms with Crippen LogP contribution < -0.4 is 5.73 Å². The van der Waals surface area contributed by atoms with Gasteiger partial charge in [0.05, 0.1) is 6.61 Å². The second-order valence-electron chi connectivity index (χ2n) is 2.85. The number of hydrogen-bond acceptors (Lipinski definition) is 3. The fourth-order valence-electron chi connectivity index (χ4n) is 1.16. The van der Waals surface area contributed by atoms with E-state index in [9.17, 15) is 0 Å². The Bertz CT molecular complexity index is 246. The zero-order valence-corrected chi connectivity index (χ0v) is 7.99. The predicted molar refractivity (Wildman–Crippen MR) is 52.5 cm³/mol. The molecule has 72 valence electrons. The summed E-state index contributed by atoms with van der Waals surface area (Å²) in [6, 6.07) is 7.61. The molecule has 0 spiro atoms. The van der Waals surface area contributed by atoms with E-state index in [0.717, 1.165) is 11.3 Å². The van der Waals surface area contributed by atoms with Crippen molar-refractivity contribution in [2.75, 3.05) is 26.6 Å². The first kappa shape index (κ1) is 10.0. The monoisotopic (exact) mass is 181 g/mol. The molecule has 3 nitrogen and oxygen atoms in total. The number of anilines is 1. The Morgan fingerprint density at radius 2 is 1.85 bits per heavy atom. The number of ether oxygens (including phenoxy) is 2. The molecule has 1 rings (SSSR count). The largest absolute Gasteiger partial charge is 0.399 e. The van der Waals surface area contributed by atoms with Gasteiger partial charge < -0.3 is 15.2 Å². The molecular formula is C10H15NO2. The average Bonchev–Trinajstić information content (AvgIpc) is 2.16. The summed E-state index contributed by atoms with van der Waals surface area (Å²) in [5, 5.41) is 0. The lowest BCUT2D eigenvalue weighted by Gasteiger charge is -2.14. The maximum Gasteiger partial charge on any atom is 0.105 e. The summed E-state index contributed by atoms with van der Waals surface area (Å²) < 4.78 is 10.3. The molecule has 0 amide bonds. The SMILES string of the molecule is COC[C@@H](OC)c1ccc(N)cc1. The second-order valence-corrected chi connectivity index (χ2v) is 2.85. The number of rotatable bonds is 4. The van der Waals surface area contributed by atoms with Crippen molar-refractivity contribution in [2.45, 2.75) is 6.10 Å². The van der Waals surface area contributed by atoms with Gasteiger partial charge in [0, 0.05) is 19.9 Å². The molecule has 2 N–H and O–H groups in total. The number of nitrogen functional groups attached to an aromatic ring is 1. The standard InChI is InChI=1S/C10H15NO2/c1-12-7-10(13-2)8-3-5-9(11)6-4-8/h3-6,10H,7,11H2,1-2H3/t10-/m1/s1. The van der Waals surface area contributed by atoms with Crippen molar-refractivity contribution in [1.29, 1.82) is 0 Å². The number of methoxy groups -OCH3 is 2. The van der Waals surface area contributed by atoms with Crippen molar-refractivity contribution in [1.82, 2.24) is 0 Å². The van der Waals surface area contributed by atoms with Crippen LogP contribution in [0.4, 0.5) is 5.69 Å². The van der Waals surface area contributed by atoms with Gasteiger partial charge in [0.1, 0.15) is 6.10 Å². The molecule has 0 saturated heterocycles. The van der Waals surface area contributed by atoms with Gasteiger partial charge in [0.2, 0.25) is 0 Å². The minimum absolute atomic E-state index is 0.00870. The molecule has 0 radical (unpaired) electrons. The van der Waals surface area contributed by atoms with E-state index < -0.39 is 0 Å². The molecule has 13 heavy (non-hydrogen) atoms. The number of nitrogens with two attached hydrogens (primary N) is 1. The predicted octanol–water partition coefficient (Wildman–Crippen LogP) is 1.60. The maximum atomic E-state index is 5.57. The molecule has 0 saturated carbocycles. The highest BCUT2D eigenvalue weighted by Gasteiger charge is 2.08. The third-order valence-electron chi connectivity index (χ3n) is 1.91. The smallest absolute Gasteiger partial charge is 0.105 e.